The molecule has 0 bridgehead atoms. The summed E-state index contributed by atoms with van der Waals surface area (Å²) in [6.45, 7) is -1.94. The van der Waals surface area contributed by atoms with E-state index >= 15 is 0 Å². The second-order valence-corrected chi connectivity index (χ2v) is 4.75. The van der Waals surface area contributed by atoms with E-state index in [1.165, 1.54) is 6.07 Å². The van der Waals surface area contributed by atoms with Crippen molar-refractivity contribution in [1.29, 1.82) is 0 Å². The molecule has 110 valence electrons. The van der Waals surface area contributed by atoms with Crippen LogP contribution in [0.3, 0.4) is 0 Å². The van der Waals surface area contributed by atoms with Gasteiger partial charge >= 0.3 is 6.61 Å². The quantitative estimate of drug-likeness (QED) is 0.718. The third-order valence-electron chi connectivity index (χ3n) is 2.98. The Hall–Kier alpha value is -1.69. The summed E-state index contributed by atoms with van der Waals surface area (Å²) in [4.78, 5) is 11.4. The minimum absolute atomic E-state index is 0.0251. The number of amides is 1. The Morgan fingerprint density at radius 1 is 1.35 bits per heavy atom. The molecular weight excluding hydrogens is 266 g/mol. The second-order valence-electron chi connectivity index (χ2n) is 4.75. The molecule has 1 saturated carbocycles. The van der Waals surface area contributed by atoms with Crippen LogP contribution < -0.4 is 15.4 Å². The molecular formula is C14H18F2N2O2. The molecule has 0 aliphatic heterocycles. The van der Waals surface area contributed by atoms with Crippen molar-refractivity contribution < 1.29 is 18.3 Å². The third-order valence-corrected chi connectivity index (χ3v) is 2.98. The highest BCUT2D eigenvalue weighted by molar-refractivity contribution is 5.76. The highest BCUT2D eigenvalue weighted by Crippen LogP contribution is 2.20. The van der Waals surface area contributed by atoms with E-state index in [1.54, 1.807) is 18.2 Å². The van der Waals surface area contributed by atoms with Gasteiger partial charge in [0.1, 0.15) is 5.75 Å². The standard InChI is InChI=1S/C14H18F2N2O2/c15-14(16)20-12-4-2-1-3-10(12)9-17-8-7-13(19)18-11-5-6-11/h1-4,11,14,17H,5-9H2,(H,18,19). The van der Waals surface area contributed by atoms with Gasteiger partial charge in [-0.05, 0) is 18.9 Å². The molecule has 6 heteroatoms. The lowest BCUT2D eigenvalue weighted by Gasteiger charge is -2.11. The van der Waals surface area contributed by atoms with Crippen LogP contribution in [0.2, 0.25) is 0 Å². The fourth-order valence-electron chi connectivity index (χ4n) is 1.81. The Morgan fingerprint density at radius 3 is 2.80 bits per heavy atom. The molecule has 2 rings (SSSR count). The Bertz CT molecular complexity index is 451. The second kappa shape index (κ2) is 7.19. The van der Waals surface area contributed by atoms with Crippen molar-refractivity contribution in [1.82, 2.24) is 10.6 Å². The first-order valence-electron chi connectivity index (χ1n) is 6.68. The van der Waals surface area contributed by atoms with Crippen LogP contribution in [0.1, 0.15) is 24.8 Å². The molecule has 0 unspecified atom stereocenters. The monoisotopic (exact) mass is 284 g/mol. The Kier molecular flexibility index (Phi) is 5.29. The molecule has 0 saturated heterocycles. The Morgan fingerprint density at radius 2 is 2.10 bits per heavy atom. The minimum atomic E-state index is -2.83. The number of rotatable bonds is 8. The van der Waals surface area contributed by atoms with Gasteiger partial charge in [0.25, 0.3) is 0 Å². The van der Waals surface area contributed by atoms with Crippen LogP contribution in [-0.4, -0.2) is 25.1 Å². The first-order chi connectivity index (χ1) is 9.65. The van der Waals surface area contributed by atoms with Crippen LogP contribution in [0, 0.1) is 0 Å². The lowest BCUT2D eigenvalue weighted by atomic mass is 10.2. The zero-order valence-corrected chi connectivity index (χ0v) is 11.1. The van der Waals surface area contributed by atoms with Crippen LogP contribution in [0.25, 0.3) is 0 Å². The predicted octanol–water partition coefficient (Wildman–Crippen LogP) is 2.05. The normalized spacial score (nSPS) is 14.3. The van der Waals surface area contributed by atoms with Gasteiger partial charge in [-0.25, -0.2) is 0 Å². The maximum Gasteiger partial charge on any atom is 0.387 e. The van der Waals surface area contributed by atoms with Gasteiger partial charge in [0.05, 0.1) is 0 Å². The zero-order valence-electron chi connectivity index (χ0n) is 11.1. The molecule has 2 N–H and O–H groups in total. The molecule has 0 aromatic heterocycles. The molecule has 1 fully saturated rings. The van der Waals surface area contributed by atoms with Crippen molar-refractivity contribution in [2.45, 2.75) is 38.5 Å². The van der Waals surface area contributed by atoms with Crippen LogP contribution in [-0.2, 0) is 11.3 Å². The fourth-order valence-corrected chi connectivity index (χ4v) is 1.81. The molecule has 1 aromatic rings. The molecule has 4 nitrogen and oxygen atoms in total. The topological polar surface area (TPSA) is 50.4 Å². The largest absolute Gasteiger partial charge is 0.434 e. The van der Waals surface area contributed by atoms with E-state index in [4.69, 9.17) is 0 Å². The van der Waals surface area contributed by atoms with E-state index in [0.29, 0.717) is 31.1 Å². The lowest BCUT2D eigenvalue weighted by Crippen LogP contribution is -2.29. The van der Waals surface area contributed by atoms with Gasteiger partial charge < -0.3 is 15.4 Å². The van der Waals surface area contributed by atoms with Crippen LogP contribution in [0.15, 0.2) is 24.3 Å². The van der Waals surface area contributed by atoms with Crippen molar-refractivity contribution in [3.63, 3.8) is 0 Å². The number of alkyl halides is 2. The summed E-state index contributed by atoms with van der Waals surface area (Å²) < 4.78 is 28.9. The first-order valence-corrected chi connectivity index (χ1v) is 6.68. The van der Waals surface area contributed by atoms with E-state index in [-0.39, 0.29) is 11.7 Å². The number of nitrogens with one attached hydrogen (secondary N) is 2. The smallest absolute Gasteiger partial charge is 0.387 e. The minimum Gasteiger partial charge on any atom is -0.434 e. The van der Waals surface area contributed by atoms with E-state index in [2.05, 4.69) is 15.4 Å². The predicted molar refractivity (Wildman–Crippen MR) is 70.6 cm³/mol. The zero-order chi connectivity index (χ0) is 14.4. The number of hydrogen-bond donors (Lipinski definition) is 2. The van der Waals surface area contributed by atoms with Crippen LogP contribution in [0.4, 0.5) is 8.78 Å². The van der Waals surface area contributed by atoms with Crippen molar-refractivity contribution in [2.75, 3.05) is 6.54 Å². The summed E-state index contributed by atoms with van der Waals surface area (Å²) in [6, 6.07) is 6.99. The highest BCUT2D eigenvalue weighted by Gasteiger charge is 2.22. The Labute approximate surface area is 116 Å². The van der Waals surface area contributed by atoms with Gasteiger partial charge in [-0.3, -0.25) is 4.79 Å². The fraction of sp³-hybridized carbons (Fsp3) is 0.500. The average Bonchev–Trinajstić information content (AvgIpc) is 3.19. The molecule has 1 aliphatic rings. The number of ether oxygens (including phenoxy) is 1. The molecule has 1 aromatic carbocycles. The summed E-state index contributed by atoms with van der Waals surface area (Å²) in [6.07, 6.45) is 2.52. The molecule has 0 heterocycles. The maximum atomic E-state index is 12.2. The highest BCUT2D eigenvalue weighted by atomic mass is 19.3. The van der Waals surface area contributed by atoms with Crippen LogP contribution >= 0.6 is 0 Å². The number of carbonyl (C=O) groups excluding carboxylic acids is 1. The average molecular weight is 284 g/mol. The molecule has 20 heavy (non-hydrogen) atoms. The maximum absolute atomic E-state index is 12.2. The lowest BCUT2D eigenvalue weighted by molar-refractivity contribution is -0.121. The number of carbonyl (C=O) groups is 1. The van der Waals surface area contributed by atoms with E-state index in [0.717, 1.165) is 12.8 Å². The molecule has 0 atom stereocenters. The van der Waals surface area contributed by atoms with Crippen molar-refractivity contribution in [2.24, 2.45) is 0 Å². The van der Waals surface area contributed by atoms with Crippen LogP contribution in [0.5, 0.6) is 5.75 Å². The van der Waals surface area contributed by atoms with E-state index in [9.17, 15) is 13.6 Å². The van der Waals surface area contributed by atoms with Crippen molar-refractivity contribution in [3.8, 4) is 5.75 Å². The molecule has 1 amide bonds. The molecule has 1 aliphatic carbocycles. The molecule has 0 spiro atoms. The third kappa shape index (κ3) is 5.13. The summed E-state index contributed by atoms with van der Waals surface area (Å²) >= 11 is 0. The summed E-state index contributed by atoms with van der Waals surface area (Å²) in [5.41, 5.74) is 0.649. The summed E-state index contributed by atoms with van der Waals surface area (Å²) in [5, 5.41) is 5.94. The van der Waals surface area contributed by atoms with Crippen molar-refractivity contribution >= 4 is 5.91 Å². The van der Waals surface area contributed by atoms with Gasteiger partial charge in [0.2, 0.25) is 5.91 Å². The van der Waals surface area contributed by atoms with E-state index < -0.39 is 6.61 Å². The van der Waals surface area contributed by atoms with Gasteiger partial charge in [-0.1, -0.05) is 18.2 Å². The van der Waals surface area contributed by atoms with Gasteiger partial charge in [0.15, 0.2) is 0 Å². The number of para-hydroxylation sites is 1. The number of halogens is 2. The van der Waals surface area contributed by atoms with Gasteiger partial charge in [0, 0.05) is 31.1 Å². The van der Waals surface area contributed by atoms with E-state index in [1.807, 2.05) is 0 Å². The summed E-state index contributed by atoms with van der Waals surface area (Å²) in [5.74, 6) is 0.189. The number of benzene rings is 1. The van der Waals surface area contributed by atoms with Crippen molar-refractivity contribution in [3.05, 3.63) is 29.8 Å². The Balaban J connectivity index is 1.71. The van der Waals surface area contributed by atoms with Gasteiger partial charge in [-0.2, -0.15) is 8.78 Å². The summed E-state index contributed by atoms with van der Waals surface area (Å²) in [7, 11) is 0. The number of hydrogen-bond acceptors (Lipinski definition) is 3. The van der Waals surface area contributed by atoms with Gasteiger partial charge in [-0.15, -0.1) is 0 Å². The molecule has 0 radical (unpaired) electrons. The SMILES string of the molecule is O=C(CCNCc1ccccc1OC(F)F)NC1CC1. The first kappa shape index (κ1) is 14.7.